The predicted molar refractivity (Wildman–Crippen MR) is 105 cm³/mol. The molecule has 136 valence electrons. The molecular formula is C20H18N4O2S. The van der Waals surface area contributed by atoms with Gasteiger partial charge >= 0.3 is 0 Å². The number of carbonyl (C=O) groups excluding carboxylic acids is 1. The fraction of sp³-hybridized carbons (Fsp3) is 0.250. The second-order valence-corrected chi connectivity index (χ2v) is 7.57. The van der Waals surface area contributed by atoms with Gasteiger partial charge in [0.1, 0.15) is 17.6 Å². The molecule has 2 aromatic carbocycles. The summed E-state index contributed by atoms with van der Waals surface area (Å²) in [7, 11) is 0. The van der Waals surface area contributed by atoms with Gasteiger partial charge < -0.3 is 10.4 Å². The highest BCUT2D eigenvalue weighted by molar-refractivity contribution is 7.98. The number of nitrogens with zero attached hydrogens (tertiary/aromatic N) is 3. The van der Waals surface area contributed by atoms with Crippen molar-refractivity contribution in [2.45, 2.75) is 24.0 Å². The van der Waals surface area contributed by atoms with Gasteiger partial charge in [-0.05, 0) is 29.5 Å². The number of carbonyl (C=O) groups is 1. The first-order valence-corrected chi connectivity index (χ1v) is 10.1. The van der Waals surface area contributed by atoms with Crippen LogP contribution < -0.4 is 5.32 Å². The van der Waals surface area contributed by atoms with Gasteiger partial charge in [0.2, 0.25) is 11.1 Å². The van der Waals surface area contributed by atoms with Crippen LogP contribution >= 0.6 is 11.8 Å². The maximum Gasteiger partial charge on any atom is 0.227 e. The van der Waals surface area contributed by atoms with Crippen molar-refractivity contribution in [1.82, 2.24) is 14.8 Å². The molecule has 1 aliphatic carbocycles. The van der Waals surface area contributed by atoms with Gasteiger partial charge in [0, 0.05) is 17.7 Å². The summed E-state index contributed by atoms with van der Waals surface area (Å²) in [6.07, 6.45) is 5.20. The standard InChI is InChI=1S/C20H18N4O2S/c1-27-20-22-19-21-13-7-4-8-14(25)17(13)18(24(19)23-20)16-12-6-3-2-5-11(12)9-10-15(16)26/h2-3,5-7,9-10,17-18,26H,4,8H2,1H3,(H,21,22,23)/t17-,18-/m1/s1. The van der Waals surface area contributed by atoms with Gasteiger partial charge in [0.15, 0.2) is 0 Å². The highest BCUT2D eigenvalue weighted by atomic mass is 32.2. The number of hydrogen-bond donors (Lipinski definition) is 2. The Kier molecular flexibility index (Phi) is 3.72. The van der Waals surface area contributed by atoms with Crippen LogP contribution in [0, 0.1) is 5.92 Å². The molecule has 3 aromatic rings. The van der Waals surface area contributed by atoms with Gasteiger partial charge in [-0.15, -0.1) is 5.10 Å². The van der Waals surface area contributed by atoms with E-state index in [1.807, 2.05) is 36.6 Å². The minimum Gasteiger partial charge on any atom is -0.508 e. The molecule has 0 saturated carbocycles. The summed E-state index contributed by atoms with van der Waals surface area (Å²) in [5, 5.41) is 21.3. The normalized spacial score (nSPS) is 21.4. The van der Waals surface area contributed by atoms with Crippen molar-refractivity contribution >= 4 is 34.3 Å². The maximum atomic E-state index is 12.9. The number of benzene rings is 2. The number of phenolic OH excluding ortho intramolecular Hbond substituents is 1. The molecule has 1 aromatic heterocycles. The molecule has 6 nitrogen and oxygen atoms in total. The first kappa shape index (κ1) is 16.4. The zero-order chi connectivity index (χ0) is 18.5. The Morgan fingerprint density at radius 1 is 1.26 bits per heavy atom. The van der Waals surface area contributed by atoms with Crippen LogP contribution in [-0.4, -0.2) is 31.9 Å². The quantitative estimate of drug-likeness (QED) is 0.662. The minimum atomic E-state index is -0.431. The van der Waals surface area contributed by atoms with E-state index >= 15 is 0 Å². The molecule has 27 heavy (non-hydrogen) atoms. The minimum absolute atomic E-state index is 0.157. The summed E-state index contributed by atoms with van der Waals surface area (Å²) < 4.78 is 1.76. The van der Waals surface area contributed by atoms with Crippen LogP contribution in [0.2, 0.25) is 0 Å². The lowest BCUT2D eigenvalue weighted by atomic mass is 9.79. The number of phenols is 1. The molecule has 0 radical (unpaired) electrons. The van der Waals surface area contributed by atoms with Gasteiger partial charge in [-0.1, -0.05) is 48.2 Å². The SMILES string of the molecule is CSc1nc2n(n1)[C@H](c1c(O)ccc3ccccc13)[C@H]1C(=O)CCC=C1N2. The van der Waals surface area contributed by atoms with Crippen molar-refractivity contribution in [1.29, 1.82) is 0 Å². The molecule has 7 heteroatoms. The molecule has 0 fully saturated rings. The lowest BCUT2D eigenvalue weighted by molar-refractivity contribution is -0.123. The van der Waals surface area contributed by atoms with Crippen LogP contribution in [0.4, 0.5) is 5.95 Å². The number of nitrogens with one attached hydrogen (secondary N) is 1. The number of aromatic nitrogens is 3. The van der Waals surface area contributed by atoms with E-state index in [0.717, 1.165) is 28.5 Å². The Morgan fingerprint density at radius 3 is 2.96 bits per heavy atom. The Hall–Kier alpha value is -2.80. The molecular weight excluding hydrogens is 360 g/mol. The number of hydrogen-bond acceptors (Lipinski definition) is 6. The van der Waals surface area contributed by atoms with E-state index in [0.29, 0.717) is 17.5 Å². The Balaban J connectivity index is 1.82. The molecule has 0 unspecified atom stereocenters. The highest BCUT2D eigenvalue weighted by Gasteiger charge is 2.43. The second kappa shape index (κ2) is 6.13. The first-order chi connectivity index (χ1) is 13.2. The number of rotatable bonds is 2. The van der Waals surface area contributed by atoms with Crippen molar-refractivity contribution in [3.8, 4) is 5.75 Å². The summed E-state index contributed by atoms with van der Waals surface area (Å²) in [4.78, 5) is 17.5. The van der Waals surface area contributed by atoms with Crippen molar-refractivity contribution < 1.29 is 9.90 Å². The zero-order valence-electron chi connectivity index (χ0n) is 14.7. The lowest BCUT2D eigenvalue weighted by Gasteiger charge is -2.36. The molecule has 0 bridgehead atoms. The monoisotopic (exact) mass is 378 g/mol. The fourth-order valence-electron chi connectivity index (χ4n) is 4.12. The van der Waals surface area contributed by atoms with Gasteiger partial charge in [-0.25, -0.2) is 4.68 Å². The van der Waals surface area contributed by atoms with Gasteiger partial charge in [0.05, 0.1) is 5.92 Å². The average Bonchev–Trinajstić information content (AvgIpc) is 3.10. The Labute approximate surface area is 160 Å². The van der Waals surface area contributed by atoms with E-state index in [4.69, 9.17) is 0 Å². The van der Waals surface area contributed by atoms with Crippen LogP contribution in [0.25, 0.3) is 10.8 Å². The van der Waals surface area contributed by atoms with Crippen LogP contribution in [0.1, 0.15) is 24.4 Å². The number of allylic oxidation sites excluding steroid dienone is 2. The number of anilines is 1. The summed E-state index contributed by atoms with van der Waals surface area (Å²) in [6, 6.07) is 11.1. The molecule has 0 amide bonds. The van der Waals surface area contributed by atoms with Gasteiger partial charge in [-0.3, -0.25) is 4.79 Å². The molecule has 1 aliphatic heterocycles. The maximum absolute atomic E-state index is 12.9. The Bertz CT molecular complexity index is 1100. The number of Topliss-reactive ketones (excluding diaryl/α,β-unsaturated/α-hetero) is 1. The molecule has 0 saturated heterocycles. The third-order valence-electron chi connectivity index (χ3n) is 5.31. The van der Waals surface area contributed by atoms with Crippen LogP contribution in [0.3, 0.4) is 0 Å². The van der Waals surface area contributed by atoms with E-state index in [1.165, 1.54) is 11.8 Å². The van der Waals surface area contributed by atoms with Gasteiger partial charge in [0.25, 0.3) is 0 Å². The largest absolute Gasteiger partial charge is 0.508 e. The molecule has 2 aliphatic rings. The average molecular weight is 378 g/mol. The molecule has 2 heterocycles. The number of fused-ring (bicyclic) bond motifs is 3. The molecule has 2 atom stereocenters. The van der Waals surface area contributed by atoms with Crippen molar-refractivity contribution in [3.05, 3.63) is 53.7 Å². The Morgan fingerprint density at radius 2 is 2.11 bits per heavy atom. The van der Waals surface area contributed by atoms with Crippen molar-refractivity contribution in [2.75, 3.05) is 11.6 Å². The highest BCUT2D eigenvalue weighted by Crippen LogP contribution is 2.46. The van der Waals surface area contributed by atoms with Crippen LogP contribution in [-0.2, 0) is 4.79 Å². The third kappa shape index (κ3) is 2.45. The predicted octanol–water partition coefficient (Wildman–Crippen LogP) is 3.74. The summed E-state index contributed by atoms with van der Waals surface area (Å²) in [6.45, 7) is 0. The number of thioether (sulfide) groups is 1. The van der Waals surface area contributed by atoms with Crippen LogP contribution in [0.15, 0.2) is 53.3 Å². The fourth-order valence-corrected chi connectivity index (χ4v) is 4.47. The van der Waals surface area contributed by atoms with E-state index in [1.54, 1.807) is 10.7 Å². The van der Waals surface area contributed by atoms with E-state index in [9.17, 15) is 9.90 Å². The summed E-state index contributed by atoms with van der Waals surface area (Å²) >= 11 is 1.45. The van der Waals surface area contributed by atoms with E-state index in [-0.39, 0.29) is 11.5 Å². The van der Waals surface area contributed by atoms with E-state index in [2.05, 4.69) is 21.5 Å². The third-order valence-corrected chi connectivity index (χ3v) is 5.85. The molecule has 5 rings (SSSR count). The summed E-state index contributed by atoms with van der Waals surface area (Å²) in [5.41, 5.74) is 1.58. The lowest BCUT2D eigenvalue weighted by Crippen LogP contribution is -2.38. The second-order valence-electron chi connectivity index (χ2n) is 6.80. The van der Waals surface area contributed by atoms with Crippen molar-refractivity contribution in [2.24, 2.45) is 5.92 Å². The van der Waals surface area contributed by atoms with E-state index < -0.39 is 12.0 Å². The molecule has 2 N–H and O–H groups in total. The zero-order valence-corrected chi connectivity index (χ0v) is 15.5. The first-order valence-electron chi connectivity index (χ1n) is 8.88. The topological polar surface area (TPSA) is 80.0 Å². The summed E-state index contributed by atoms with van der Waals surface area (Å²) in [5.74, 6) is 0.530. The van der Waals surface area contributed by atoms with Crippen molar-refractivity contribution in [3.63, 3.8) is 0 Å². The van der Waals surface area contributed by atoms with Crippen LogP contribution in [0.5, 0.6) is 5.75 Å². The van der Waals surface area contributed by atoms with Gasteiger partial charge in [-0.2, -0.15) is 4.98 Å². The molecule has 0 spiro atoms. The smallest absolute Gasteiger partial charge is 0.227 e. The number of aromatic hydroxyl groups is 1. The number of ketones is 1.